The Balaban J connectivity index is 1.82. The summed E-state index contributed by atoms with van der Waals surface area (Å²) < 4.78 is 5.66. The molecule has 20 heavy (non-hydrogen) atoms. The Kier molecular flexibility index (Phi) is 5.87. The molecule has 1 aliphatic heterocycles. The minimum absolute atomic E-state index is 0.0163. The number of carbonyl (C=O) groups excluding carboxylic acids is 1. The van der Waals surface area contributed by atoms with Crippen LogP contribution in [0.1, 0.15) is 43.0 Å². The van der Waals surface area contributed by atoms with Gasteiger partial charge in [-0.1, -0.05) is 12.1 Å². The van der Waals surface area contributed by atoms with Crippen molar-refractivity contribution < 1.29 is 9.53 Å². The van der Waals surface area contributed by atoms with Gasteiger partial charge in [-0.2, -0.15) is 0 Å². The van der Waals surface area contributed by atoms with Crippen molar-refractivity contribution in [3.05, 3.63) is 29.8 Å². The Morgan fingerprint density at radius 3 is 2.95 bits per heavy atom. The maximum Gasteiger partial charge on any atom is 0.253 e. The van der Waals surface area contributed by atoms with Crippen LogP contribution in [0.25, 0.3) is 0 Å². The number of ether oxygens (including phenoxy) is 1. The molecule has 0 bridgehead atoms. The zero-order valence-corrected chi connectivity index (χ0v) is 12.2. The number of anilines is 1. The first-order valence-electron chi connectivity index (χ1n) is 7.54. The molecule has 0 aromatic heterocycles. The van der Waals surface area contributed by atoms with E-state index in [0.29, 0.717) is 18.2 Å². The molecule has 1 aromatic carbocycles. The second kappa shape index (κ2) is 7.90. The molecule has 0 radical (unpaired) electrons. The Morgan fingerprint density at radius 1 is 1.35 bits per heavy atom. The van der Waals surface area contributed by atoms with Crippen molar-refractivity contribution in [2.24, 2.45) is 0 Å². The van der Waals surface area contributed by atoms with Gasteiger partial charge in [-0.25, -0.2) is 0 Å². The highest BCUT2D eigenvalue weighted by Gasteiger charge is 2.15. The number of hydrogen-bond donors (Lipinski definition) is 2. The smallest absolute Gasteiger partial charge is 0.253 e. The maximum absolute atomic E-state index is 12.2. The first kappa shape index (κ1) is 14.9. The van der Waals surface area contributed by atoms with Crippen LogP contribution < -0.4 is 10.6 Å². The lowest BCUT2D eigenvalue weighted by molar-refractivity contribution is 0.0117. The summed E-state index contributed by atoms with van der Waals surface area (Å²) in [6.45, 7) is 4.36. The lowest BCUT2D eigenvalue weighted by atomic mass is 10.1. The maximum atomic E-state index is 12.2. The van der Waals surface area contributed by atoms with Crippen LogP contribution >= 0.6 is 0 Å². The number of amides is 1. The first-order valence-corrected chi connectivity index (χ1v) is 7.54. The molecular formula is C16H24N2O2. The zero-order valence-electron chi connectivity index (χ0n) is 12.2. The van der Waals surface area contributed by atoms with Gasteiger partial charge in [-0.3, -0.25) is 4.79 Å². The minimum atomic E-state index is -0.0163. The molecule has 1 amide bonds. The third kappa shape index (κ3) is 4.23. The van der Waals surface area contributed by atoms with Crippen molar-refractivity contribution in [1.29, 1.82) is 0 Å². The monoisotopic (exact) mass is 276 g/mol. The second-order valence-corrected chi connectivity index (χ2v) is 5.11. The summed E-state index contributed by atoms with van der Waals surface area (Å²) in [6.07, 6.45) is 4.73. The van der Waals surface area contributed by atoms with E-state index in [9.17, 15) is 4.79 Å². The van der Waals surface area contributed by atoms with Crippen molar-refractivity contribution in [3.63, 3.8) is 0 Å². The molecule has 1 aromatic rings. The van der Waals surface area contributed by atoms with Crippen LogP contribution in [-0.4, -0.2) is 31.7 Å². The van der Waals surface area contributed by atoms with E-state index in [2.05, 4.69) is 10.6 Å². The number of benzene rings is 1. The molecule has 110 valence electrons. The van der Waals surface area contributed by atoms with Crippen molar-refractivity contribution in [3.8, 4) is 0 Å². The molecule has 1 fully saturated rings. The lowest BCUT2D eigenvalue weighted by Crippen LogP contribution is -2.29. The van der Waals surface area contributed by atoms with E-state index >= 15 is 0 Å². The average molecular weight is 276 g/mol. The largest absolute Gasteiger partial charge is 0.385 e. The van der Waals surface area contributed by atoms with Gasteiger partial charge in [0.15, 0.2) is 0 Å². The highest BCUT2D eigenvalue weighted by Crippen LogP contribution is 2.16. The van der Waals surface area contributed by atoms with E-state index in [1.54, 1.807) is 0 Å². The molecule has 4 nitrogen and oxygen atoms in total. The van der Waals surface area contributed by atoms with Crippen LogP contribution in [0.2, 0.25) is 0 Å². The fourth-order valence-corrected chi connectivity index (χ4v) is 2.50. The fraction of sp³-hybridized carbons (Fsp3) is 0.562. The Hall–Kier alpha value is -1.55. The summed E-state index contributed by atoms with van der Waals surface area (Å²) >= 11 is 0. The summed E-state index contributed by atoms with van der Waals surface area (Å²) in [6, 6.07) is 7.61. The highest BCUT2D eigenvalue weighted by molar-refractivity contribution is 5.99. The van der Waals surface area contributed by atoms with Gasteiger partial charge in [0.25, 0.3) is 5.91 Å². The third-order valence-electron chi connectivity index (χ3n) is 3.56. The predicted molar refractivity (Wildman–Crippen MR) is 81.1 cm³/mol. The van der Waals surface area contributed by atoms with E-state index in [0.717, 1.165) is 31.7 Å². The van der Waals surface area contributed by atoms with Crippen LogP contribution in [0, 0.1) is 0 Å². The Bertz CT molecular complexity index is 428. The van der Waals surface area contributed by atoms with Gasteiger partial charge in [-0.05, 0) is 44.7 Å². The van der Waals surface area contributed by atoms with Crippen molar-refractivity contribution in [1.82, 2.24) is 5.32 Å². The highest BCUT2D eigenvalue weighted by atomic mass is 16.5. The lowest BCUT2D eigenvalue weighted by Gasteiger charge is -2.22. The number of nitrogens with one attached hydrogen (secondary N) is 2. The average Bonchev–Trinajstić information content (AvgIpc) is 2.49. The van der Waals surface area contributed by atoms with Gasteiger partial charge in [0.05, 0.1) is 11.7 Å². The molecule has 2 N–H and O–H groups in total. The molecule has 0 aliphatic carbocycles. The second-order valence-electron chi connectivity index (χ2n) is 5.11. The van der Waals surface area contributed by atoms with Gasteiger partial charge in [0.2, 0.25) is 0 Å². The van der Waals surface area contributed by atoms with Crippen LogP contribution in [0.4, 0.5) is 5.69 Å². The van der Waals surface area contributed by atoms with E-state index < -0.39 is 0 Å². The quantitative estimate of drug-likeness (QED) is 0.840. The zero-order chi connectivity index (χ0) is 14.2. The Labute approximate surface area is 120 Å². The summed E-state index contributed by atoms with van der Waals surface area (Å²) in [5.41, 5.74) is 1.60. The normalized spacial score (nSPS) is 18.6. The topological polar surface area (TPSA) is 50.4 Å². The van der Waals surface area contributed by atoms with Gasteiger partial charge in [0, 0.05) is 25.4 Å². The molecule has 0 spiro atoms. The Morgan fingerprint density at radius 2 is 2.20 bits per heavy atom. The number of hydrogen-bond acceptors (Lipinski definition) is 3. The summed E-state index contributed by atoms with van der Waals surface area (Å²) in [4.78, 5) is 12.2. The molecule has 1 unspecified atom stereocenters. The third-order valence-corrected chi connectivity index (χ3v) is 3.56. The molecule has 0 saturated carbocycles. The minimum Gasteiger partial charge on any atom is -0.385 e. The van der Waals surface area contributed by atoms with Crippen LogP contribution in [-0.2, 0) is 4.74 Å². The molecular weight excluding hydrogens is 252 g/mol. The number of para-hydroxylation sites is 1. The summed E-state index contributed by atoms with van der Waals surface area (Å²) in [5, 5.41) is 6.20. The molecule has 1 saturated heterocycles. The van der Waals surface area contributed by atoms with E-state index in [-0.39, 0.29) is 5.91 Å². The van der Waals surface area contributed by atoms with Crippen molar-refractivity contribution in [2.45, 2.75) is 38.7 Å². The van der Waals surface area contributed by atoms with Gasteiger partial charge < -0.3 is 15.4 Å². The summed E-state index contributed by atoms with van der Waals surface area (Å²) in [7, 11) is 0. The molecule has 2 rings (SSSR count). The summed E-state index contributed by atoms with van der Waals surface area (Å²) in [5.74, 6) is -0.0163. The first-order chi connectivity index (χ1) is 9.81. The molecule has 4 heteroatoms. The van der Waals surface area contributed by atoms with Crippen LogP contribution in [0.15, 0.2) is 24.3 Å². The van der Waals surface area contributed by atoms with Crippen molar-refractivity contribution in [2.75, 3.05) is 25.0 Å². The molecule has 1 atom stereocenters. The van der Waals surface area contributed by atoms with Gasteiger partial charge >= 0.3 is 0 Å². The van der Waals surface area contributed by atoms with Gasteiger partial charge in [0.1, 0.15) is 0 Å². The fourth-order valence-electron chi connectivity index (χ4n) is 2.50. The van der Waals surface area contributed by atoms with Crippen LogP contribution in [0.3, 0.4) is 0 Å². The number of rotatable bonds is 6. The van der Waals surface area contributed by atoms with E-state index in [1.165, 1.54) is 12.8 Å². The standard InChI is InChI=1S/C16H24N2O2/c1-2-17-15-9-4-3-8-14(15)16(19)18-11-10-13-7-5-6-12-20-13/h3-4,8-9,13,17H,2,5-7,10-12H2,1H3,(H,18,19). The predicted octanol–water partition coefficient (Wildman–Crippen LogP) is 2.81. The van der Waals surface area contributed by atoms with E-state index in [1.807, 2.05) is 31.2 Å². The SMILES string of the molecule is CCNc1ccccc1C(=O)NCCC1CCCCO1. The molecule has 1 aliphatic rings. The van der Waals surface area contributed by atoms with Crippen molar-refractivity contribution >= 4 is 11.6 Å². The van der Waals surface area contributed by atoms with Crippen LogP contribution in [0.5, 0.6) is 0 Å². The van der Waals surface area contributed by atoms with E-state index in [4.69, 9.17) is 4.74 Å². The molecule has 1 heterocycles. The number of carbonyl (C=O) groups is 1. The van der Waals surface area contributed by atoms with Gasteiger partial charge in [-0.15, -0.1) is 0 Å².